The van der Waals surface area contributed by atoms with Gasteiger partial charge in [-0.1, -0.05) is 20.8 Å². The maximum absolute atomic E-state index is 5.47. The topological polar surface area (TPSA) is 51.8 Å². The van der Waals surface area contributed by atoms with Crippen molar-refractivity contribution in [2.75, 3.05) is 0 Å². The van der Waals surface area contributed by atoms with Gasteiger partial charge in [0.1, 0.15) is 5.82 Å². The van der Waals surface area contributed by atoms with E-state index in [1.54, 1.807) is 6.20 Å². The van der Waals surface area contributed by atoms with E-state index in [9.17, 15) is 0 Å². The average molecular weight is 165 g/mol. The van der Waals surface area contributed by atoms with Gasteiger partial charge < -0.3 is 5.73 Å². The van der Waals surface area contributed by atoms with Crippen LogP contribution in [-0.2, 0) is 12.0 Å². The minimum atomic E-state index is 0.00514. The zero-order chi connectivity index (χ0) is 9.19. The van der Waals surface area contributed by atoms with Crippen molar-refractivity contribution in [2.24, 2.45) is 5.73 Å². The summed E-state index contributed by atoms with van der Waals surface area (Å²) in [6.45, 7) is 6.74. The molecule has 0 aliphatic carbocycles. The minimum Gasteiger partial charge on any atom is -0.325 e. The van der Waals surface area contributed by atoms with Crippen LogP contribution < -0.4 is 5.73 Å². The summed E-state index contributed by atoms with van der Waals surface area (Å²) < 4.78 is 0. The quantitative estimate of drug-likeness (QED) is 0.681. The SMILES string of the molecule is CC(C)(C)c1nccc(CN)n1. The van der Waals surface area contributed by atoms with Crippen LogP contribution in [0, 0.1) is 0 Å². The first-order valence-electron chi connectivity index (χ1n) is 4.06. The molecule has 3 nitrogen and oxygen atoms in total. The van der Waals surface area contributed by atoms with Crippen LogP contribution in [0.5, 0.6) is 0 Å². The van der Waals surface area contributed by atoms with E-state index in [-0.39, 0.29) is 5.41 Å². The predicted octanol–water partition coefficient (Wildman–Crippen LogP) is 1.23. The lowest BCUT2D eigenvalue weighted by Gasteiger charge is -2.16. The Kier molecular flexibility index (Phi) is 2.43. The molecule has 1 aromatic heterocycles. The third kappa shape index (κ3) is 2.01. The normalized spacial score (nSPS) is 11.7. The second-order valence-electron chi connectivity index (χ2n) is 3.83. The first kappa shape index (κ1) is 9.13. The fourth-order valence-corrected chi connectivity index (χ4v) is 0.871. The molecule has 0 radical (unpaired) electrons. The maximum atomic E-state index is 5.47. The summed E-state index contributed by atoms with van der Waals surface area (Å²) in [5.74, 6) is 0.852. The van der Waals surface area contributed by atoms with Crippen LogP contribution >= 0.6 is 0 Å². The van der Waals surface area contributed by atoms with Crippen molar-refractivity contribution >= 4 is 0 Å². The molecular weight excluding hydrogens is 150 g/mol. The van der Waals surface area contributed by atoms with E-state index >= 15 is 0 Å². The van der Waals surface area contributed by atoms with E-state index in [1.807, 2.05) is 6.07 Å². The van der Waals surface area contributed by atoms with Crippen LogP contribution in [0.2, 0.25) is 0 Å². The molecule has 3 heteroatoms. The Morgan fingerprint density at radius 2 is 2.08 bits per heavy atom. The number of aromatic nitrogens is 2. The molecule has 0 aliphatic rings. The molecule has 0 bridgehead atoms. The fourth-order valence-electron chi connectivity index (χ4n) is 0.871. The second-order valence-corrected chi connectivity index (χ2v) is 3.83. The Bertz CT molecular complexity index is 263. The van der Waals surface area contributed by atoms with Gasteiger partial charge in [-0.25, -0.2) is 9.97 Å². The average Bonchev–Trinajstić information content (AvgIpc) is 2.03. The minimum absolute atomic E-state index is 0.00514. The third-order valence-electron chi connectivity index (χ3n) is 1.59. The Balaban J connectivity index is 3.02. The highest BCUT2D eigenvalue weighted by Gasteiger charge is 2.16. The van der Waals surface area contributed by atoms with Gasteiger partial charge in [-0.2, -0.15) is 0 Å². The van der Waals surface area contributed by atoms with Gasteiger partial charge >= 0.3 is 0 Å². The van der Waals surface area contributed by atoms with E-state index in [1.165, 1.54) is 0 Å². The van der Waals surface area contributed by atoms with Gasteiger partial charge in [0.25, 0.3) is 0 Å². The largest absolute Gasteiger partial charge is 0.325 e. The third-order valence-corrected chi connectivity index (χ3v) is 1.59. The summed E-state index contributed by atoms with van der Waals surface area (Å²) in [5, 5.41) is 0. The van der Waals surface area contributed by atoms with Crippen molar-refractivity contribution in [3.05, 3.63) is 23.8 Å². The van der Waals surface area contributed by atoms with Crippen LogP contribution in [0.15, 0.2) is 12.3 Å². The number of rotatable bonds is 1. The number of hydrogen-bond donors (Lipinski definition) is 1. The zero-order valence-electron chi connectivity index (χ0n) is 7.83. The molecule has 0 fully saturated rings. The molecule has 12 heavy (non-hydrogen) atoms. The Hall–Kier alpha value is -0.960. The van der Waals surface area contributed by atoms with Crippen LogP contribution in [0.25, 0.3) is 0 Å². The summed E-state index contributed by atoms with van der Waals surface area (Å²) in [7, 11) is 0. The van der Waals surface area contributed by atoms with Crippen molar-refractivity contribution in [3.8, 4) is 0 Å². The number of nitrogens with zero attached hydrogens (tertiary/aromatic N) is 2. The molecular formula is C9H15N3. The maximum Gasteiger partial charge on any atom is 0.133 e. The zero-order valence-corrected chi connectivity index (χ0v) is 7.83. The van der Waals surface area contributed by atoms with Crippen LogP contribution in [-0.4, -0.2) is 9.97 Å². The fraction of sp³-hybridized carbons (Fsp3) is 0.556. The van der Waals surface area contributed by atoms with Crippen LogP contribution in [0.4, 0.5) is 0 Å². The van der Waals surface area contributed by atoms with Gasteiger partial charge in [-0.3, -0.25) is 0 Å². The molecule has 0 saturated heterocycles. The predicted molar refractivity (Wildman–Crippen MR) is 48.6 cm³/mol. The Morgan fingerprint density at radius 1 is 1.42 bits per heavy atom. The standard InChI is InChI=1S/C9H15N3/c1-9(2,3)8-11-5-4-7(6-10)12-8/h4-5H,6,10H2,1-3H3. The molecule has 0 amide bonds. The van der Waals surface area contributed by atoms with E-state index < -0.39 is 0 Å². The van der Waals surface area contributed by atoms with E-state index in [0.29, 0.717) is 6.54 Å². The van der Waals surface area contributed by atoms with Crippen molar-refractivity contribution in [3.63, 3.8) is 0 Å². The number of nitrogens with two attached hydrogens (primary N) is 1. The lowest BCUT2D eigenvalue weighted by atomic mass is 9.96. The van der Waals surface area contributed by atoms with Gasteiger partial charge in [0, 0.05) is 18.2 Å². The van der Waals surface area contributed by atoms with Gasteiger partial charge in [0.15, 0.2) is 0 Å². The summed E-state index contributed by atoms with van der Waals surface area (Å²) in [6.07, 6.45) is 1.76. The highest BCUT2D eigenvalue weighted by molar-refractivity contribution is 5.07. The lowest BCUT2D eigenvalue weighted by molar-refractivity contribution is 0.541. The highest BCUT2D eigenvalue weighted by atomic mass is 14.9. The molecule has 0 saturated carbocycles. The van der Waals surface area contributed by atoms with E-state index in [4.69, 9.17) is 5.73 Å². The molecule has 1 aromatic rings. The van der Waals surface area contributed by atoms with Gasteiger partial charge in [0.05, 0.1) is 5.69 Å². The molecule has 0 unspecified atom stereocenters. The Morgan fingerprint density at radius 3 is 2.58 bits per heavy atom. The highest BCUT2D eigenvalue weighted by Crippen LogP contribution is 2.17. The molecule has 66 valence electrons. The Labute approximate surface area is 73.0 Å². The number of hydrogen-bond acceptors (Lipinski definition) is 3. The summed E-state index contributed by atoms with van der Waals surface area (Å²) in [4.78, 5) is 8.52. The van der Waals surface area contributed by atoms with Crippen LogP contribution in [0.1, 0.15) is 32.3 Å². The van der Waals surface area contributed by atoms with Gasteiger partial charge in [0.2, 0.25) is 0 Å². The van der Waals surface area contributed by atoms with Gasteiger partial charge in [-0.15, -0.1) is 0 Å². The van der Waals surface area contributed by atoms with Crippen LogP contribution in [0.3, 0.4) is 0 Å². The molecule has 0 atom stereocenters. The van der Waals surface area contributed by atoms with Crippen molar-refractivity contribution in [1.82, 2.24) is 9.97 Å². The summed E-state index contributed by atoms with van der Waals surface area (Å²) in [6, 6.07) is 1.84. The molecule has 0 spiro atoms. The first-order valence-corrected chi connectivity index (χ1v) is 4.06. The summed E-state index contributed by atoms with van der Waals surface area (Å²) >= 11 is 0. The molecule has 1 rings (SSSR count). The molecule has 0 aliphatic heterocycles. The molecule has 0 aromatic carbocycles. The van der Waals surface area contributed by atoms with Crippen molar-refractivity contribution < 1.29 is 0 Å². The lowest BCUT2D eigenvalue weighted by Crippen LogP contribution is -2.17. The van der Waals surface area contributed by atoms with E-state index in [2.05, 4.69) is 30.7 Å². The summed E-state index contributed by atoms with van der Waals surface area (Å²) in [5.41, 5.74) is 6.37. The smallest absolute Gasteiger partial charge is 0.133 e. The van der Waals surface area contributed by atoms with Crippen molar-refractivity contribution in [2.45, 2.75) is 32.7 Å². The monoisotopic (exact) mass is 165 g/mol. The van der Waals surface area contributed by atoms with Crippen molar-refractivity contribution in [1.29, 1.82) is 0 Å². The molecule has 1 heterocycles. The second kappa shape index (κ2) is 3.19. The molecule has 2 N–H and O–H groups in total. The van der Waals surface area contributed by atoms with Gasteiger partial charge in [-0.05, 0) is 6.07 Å². The first-order chi connectivity index (χ1) is 5.54. The van der Waals surface area contributed by atoms with E-state index in [0.717, 1.165) is 11.5 Å².